The van der Waals surface area contributed by atoms with E-state index in [1.165, 1.54) is 103 Å². The van der Waals surface area contributed by atoms with Crippen LogP contribution in [0.4, 0.5) is 0 Å². The number of carbonyl (C=O) groups is 1. The monoisotopic (exact) mass is 811 g/mol. The van der Waals surface area contributed by atoms with Crippen LogP contribution in [0.5, 0.6) is 0 Å². The van der Waals surface area contributed by atoms with Crippen molar-refractivity contribution >= 4 is 13.8 Å². The minimum atomic E-state index is -4.28. The van der Waals surface area contributed by atoms with Crippen molar-refractivity contribution in [3.63, 3.8) is 0 Å². The van der Waals surface area contributed by atoms with Crippen LogP contribution in [0.15, 0.2) is 48.6 Å². The third-order valence-electron chi connectivity index (χ3n) is 9.65. The van der Waals surface area contributed by atoms with Gasteiger partial charge in [-0.2, -0.15) is 0 Å². The fourth-order valence-electron chi connectivity index (χ4n) is 6.13. The number of carbonyl (C=O) groups excluding carboxylic acids is 1. The Hall–Kier alpha value is -1.54. The summed E-state index contributed by atoms with van der Waals surface area (Å²) in [5, 5.41) is 0. The van der Waals surface area contributed by atoms with Crippen LogP contribution in [-0.2, 0) is 27.9 Å². The first-order valence-electron chi connectivity index (χ1n) is 22.9. The molecule has 9 heteroatoms. The van der Waals surface area contributed by atoms with Gasteiger partial charge in [-0.05, 0) is 51.4 Å². The maximum absolute atomic E-state index is 12.7. The van der Waals surface area contributed by atoms with Crippen LogP contribution in [-0.4, -0.2) is 75.6 Å². The molecule has 2 atom stereocenters. The topological polar surface area (TPSA) is 91.3 Å². The Labute approximate surface area is 346 Å². The van der Waals surface area contributed by atoms with Gasteiger partial charge in [0.15, 0.2) is 0 Å². The smallest absolute Gasteiger partial charge is 0.457 e. The summed E-state index contributed by atoms with van der Waals surface area (Å²) in [6.07, 6.45) is 48.5. The van der Waals surface area contributed by atoms with Gasteiger partial charge in [-0.1, -0.05) is 178 Å². The molecule has 0 saturated heterocycles. The maximum atomic E-state index is 12.7. The summed E-state index contributed by atoms with van der Waals surface area (Å²) in [7, 11) is 1.66. The molecule has 0 aliphatic carbocycles. The molecule has 0 aliphatic rings. The van der Waals surface area contributed by atoms with Gasteiger partial charge in [0, 0.05) is 13.0 Å². The van der Waals surface area contributed by atoms with E-state index in [1.807, 2.05) is 21.1 Å². The minimum Gasteiger partial charge on any atom is -0.457 e. The number of hydrogen-bond acceptors (Lipinski definition) is 6. The van der Waals surface area contributed by atoms with Gasteiger partial charge in [0.05, 0.1) is 34.4 Å². The van der Waals surface area contributed by atoms with Gasteiger partial charge in [0.25, 0.3) is 0 Å². The second kappa shape index (κ2) is 40.2. The van der Waals surface area contributed by atoms with E-state index >= 15 is 0 Å². The number of esters is 1. The van der Waals surface area contributed by atoms with Crippen molar-refractivity contribution in [2.24, 2.45) is 0 Å². The molecule has 0 rings (SSSR count). The summed E-state index contributed by atoms with van der Waals surface area (Å²) in [6, 6.07) is 0. The lowest BCUT2D eigenvalue weighted by molar-refractivity contribution is -0.870. The normalized spacial score (nSPS) is 14.2. The van der Waals surface area contributed by atoms with Crippen LogP contribution in [0.3, 0.4) is 0 Å². The van der Waals surface area contributed by atoms with Crippen molar-refractivity contribution in [3.8, 4) is 0 Å². The number of rotatable bonds is 42. The highest BCUT2D eigenvalue weighted by atomic mass is 31.2. The van der Waals surface area contributed by atoms with Crippen LogP contribution < -0.4 is 0 Å². The van der Waals surface area contributed by atoms with Crippen molar-refractivity contribution in [2.75, 3.05) is 54.1 Å². The average Bonchev–Trinajstić information content (AvgIpc) is 3.15. The zero-order valence-electron chi connectivity index (χ0n) is 37.1. The number of likely N-dealkylation sites (N-methyl/N-ethyl adjacent to an activating group) is 1. The van der Waals surface area contributed by atoms with E-state index in [9.17, 15) is 14.3 Å². The quantitative estimate of drug-likeness (QED) is 0.0216. The summed E-state index contributed by atoms with van der Waals surface area (Å²) in [5.41, 5.74) is 0. The zero-order valence-corrected chi connectivity index (χ0v) is 38.0. The van der Waals surface area contributed by atoms with E-state index in [0.29, 0.717) is 24.1 Å². The molecule has 8 nitrogen and oxygen atoms in total. The number of phosphoric ester groups is 1. The van der Waals surface area contributed by atoms with Gasteiger partial charge in [-0.25, -0.2) is 4.57 Å². The van der Waals surface area contributed by atoms with Gasteiger partial charge >= 0.3 is 13.8 Å². The summed E-state index contributed by atoms with van der Waals surface area (Å²) >= 11 is 0. The summed E-state index contributed by atoms with van der Waals surface area (Å²) in [5.74, 6) is -0.318. The lowest BCUT2D eigenvalue weighted by atomic mass is 10.0. The fourth-order valence-corrected chi connectivity index (χ4v) is 6.87. The van der Waals surface area contributed by atoms with Crippen LogP contribution in [0, 0.1) is 0 Å². The van der Waals surface area contributed by atoms with Gasteiger partial charge in [-0.15, -0.1) is 0 Å². The molecule has 0 fully saturated rings. The number of phosphoric acid groups is 1. The first kappa shape index (κ1) is 54.5. The molecule has 1 N–H and O–H groups in total. The lowest BCUT2D eigenvalue weighted by Crippen LogP contribution is -2.37. The highest BCUT2D eigenvalue weighted by molar-refractivity contribution is 7.47. The fraction of sp³-hybridized carbons (Fsp3) is 0.809. The molecule has 56 heavy (non-hydrogen) atoms. The molecule has 0 bridgehead atoms. The van der Waals surface area contributed by atoms with E-state index in [4.69, 9.17) is 18.5 Å². The number of allylic oxidation sites excluding steroid dienone is 8. The van der Waals surface area contributed by atoms with Crippen LogP contribution in [0.1, 0.15) is 187 Å². The molecule has 0 saturated carbocycles. The van der Waals surface area contributed by atoms with Crippen molar-refractivity contribution in [1.29, 1.82) is 0 Å². The second-order valence-electron chi connectivity index (χ2n) is 16.4. The van der Waals surface area contributed by atoms with Crippen molar-refractivity contribution in [1.82, 2.24) is 0 Å². The number of nitrogens with zero attached hydrogens (tertiary/aromatic N) is 1. The molecule has 0 spiro atoms. The van der Waals surface area contributed by atoms with Gasteiger partial charge < -0.3 is 18.9 Å². The van der Waals surface area contributed by atoms with Crippen molar-refractivity contribution < 1.29 is 37.3 Å². The molecule has 0 aromatic heterocycles. The molecule has 0 radical (unpaired) electrons. The SMILES string of the molecule is CC/C=C\C/C=C\C/C=C\C/C=C\CCCCCCCCCOCC(COP(=O)(O)OCC[N+](C)(C)C)OC(=O)CCCCCCCCCCCCCCCC. The Balaban J connectivity index is 4.21. The van der Waals surface area contributed by atoms with E-state index in [1.54, 1.807) is 0 Å². The van der Waals surface area contributed by atoms with Crippen molar-refractivity contribution in [3.05, 3.63) is 48.6 Å². The van der Waals surface area contributed by atoms with Gasteiger partial charge in [0.2, 0.25) is 0 Å². The molecular formula is C47H89NO7P+. The Bertz CT molecular complexity index is 1040. The molecule has 0 amide bonds. The molecule has 328 valence electrons. The molecule has 0 aromatic rings. The maximum Gasteiger partial charge on any atom is 0.472 e. The molecular weight excluding hydrogens is 721 g/mol. The zero-order chi connectivity index (χ0) is 41.3. The van der Waals surface area contributed by atoms with E-state index in [-0.39, 0.29) is 25.8 Å². The molecule has 0 aliphatic heterocycles. The number of hydrogen-bond donors (Lipinski definition) is 1. The van der Waals surface area contributed by atoms with Crippen LogP contribution in [0.25, 0.3) is 0 Å². The highest BCUT2D eigenvalue weighted by Crippen LogP contribution is 2.43. The first-order chi connectivity index (χ1) is 27.1. The first-order valence-corrected chi connectivity index (χ1v) is 24.4. The Morgan fingerprint density at radius 2 is 1.04 bits per heavy atom. The predicted molar refractivity (Wildman–Crippen MR) is 238 cm³/mol. The number of ether oxygens (including phenoxy) is 2. The third-order valence-corrected chi connectivity index (χ3v) is 10.6. The summed E-state index contributed by atoms with van der Waals surface area (Å²) in [4.78, 5) is 22.9. The number of quaternary nitrogens is 1. The van der Waals surface area contributed by atoms with Crippen LogP contribution in [0.2, 0.25) is 0 Å². The summed E-state index contributed by atoms with van der Waals surface area (Å²) in [6.45, 7) is 5.50. The number of unbranched alkanes of at least 4 members (excludes halogenated alkanes) is 20. The Morgan fingerprint density at radius 3 is 1.55 bits per heavy atom. The second-order valence-corrected chi connectivity index (χ2v) is 17.9. The molecule has 0 aromatic carbocycles. The van der Waals surface area contributed by atoms with E-state index in [0.717, 1.165) is 64.2 Å². The highest BCUT2D eigenvalue weighted by Gasteiger charge is 2.26. The summed E-state index contributed by atoms with van der Waals surface area (Å²) < 4.78 is 35.0. The largest absolute Gasteiger partial charge is 0.472 e. The van der Waals surface area contributed by atoms with E-state index in [2.05, 4.69) is 62.5 Å². The average molecular weight is 811 g/mol. The van der Waals surface area contributed by atoms with Crippen molar-refractivity contribution in [2.45, 2.75) is 193 Å². The third kappa shape index (κ3) is 43.6. The van der Waals surface area contributed by atoms with Gasteiger partial charge in [-0.3, -0.25) is 13.8 Å². The van der Waals surface area contributed by atoms with Gasteiger partial charge in [0.1, 0.15) is 19.3 Å². The van der Waals surface area contributed by atoms with Crippen LogP contribution >= 0.6 is 7.82 Å². The Kier molecular flexibility index (Phi) is 39.1. The predicted octanol–water partition coefficient (Wildman–Crippen LogP) is 13.6. The Morgan fingerprint density at radius 1 is 0.571 bits per heavy atom. The van der Waals surface area contributed by atoms with E-state index < -0.39 is 13.9 Å². The standard InChI is InChI=1S/C47H88NO7P/c1-6-8-10-12-14-16-18-20-22-23-24-25-26-27-29-31-33-35-37-39-42-52-44-46(45-54-56(50,51)53-43-41-48(3,4)5)55-47(49)40-38-36-34-32-30-28-21-19-17-15-13-11-9-7-2/h8,10,14,16,20,22,24-25,46H,6-7,9,11-13,15,17-19,21,23,26-45H2,1-5H3/p+1/b10-8-,16-14-,22-20-,25-24-. The minimum absolute atomic E-state index is 0.0860. The lowest BCUT2D eigenvalue weighted by Gasteiger charge is -2.24. The molecule has 2 unspecified atom stereocenters. The molecule has 0 heterocycles.